The van der Waals surface area contributed by atoms with Gasteiger partial charge in [-0.1, -0.05) is 42.5 Å². The van der Waals surface area contributed by atoms with Crippen LogP contribution >= 0.6 is 24.0 Å². The summed E-state index contributed by atoms with van der Waals surface area (Å²) >= 11 is 0. The average molecular weight is 481 g/mol. The normalized spacial score (nSPS) is 16.5. The highest BCUT2D eigenvalue weighted by Gasteiger charge is 2.18. The maximum absolute atomic E-state index is 6.16. The van der Waals surface area contributed by atoms with Crippen molar-refractivity contribution in [2.24, 2.45) is 4.99 Å². The molecule has 2 aromatic carbocycles. The Bertz CT molecular complexity index is 731. The lowest BCUT2D eigenvalue weighted by atomic mass is 10.1. The molecule has 0 amide bonds. The lowest BCUT2D eigenvalue weighted by Gasteiger charge is -2.18. The second-order valence-electron chi connectivity index (χ2n) is 6.48. The number of aliphatic imine (C=N–C) groups is 1. The number of aryl methyl sites for hydroxylation is 1. The SMILES string of the molecule is CN=C(NCc1ccccc1)NCc1ccc(C)cc1OC1CCOC1.I. The Hall–Kier alpha value is -1.80. The number of guanidine groups is 1. The third-order valence-electron chi connectivity index (χ3n) is 4.38. The fourth-order valence-corrected chi connectivity index (χ4v) is 2.88. The second kappa shape index (κ2) is 11.1. The van der Waals surface area contributed by atoms with Crippen molar-refractivity contribution in [2.75, 3.05) is 20.3 Å². The van der Waals surface area contributed by atoms with Crippen LogP contribution in [0, 0.1) is 6.92 Å². The van der Waals surface area contributed by atoms with E-state index in [1.807, 2.05) is 18.2 Å². The molecule has 1 unspecified atom stereocenters. The molecule has 0 saturated carbocycles. The number of hydrogen-bond donors (Lipinski definition) is 2. The molecule has 0 radical (unpaired) electrons. The Morgan fingerprint density at radius 1 is 1.15 bits per heavy atom. The first-order valence-corrected chi connectivity index (χ1v) is 9.07. The molecule has 1 aliphatic rings. The van der Waals surface area contributed by atoms with Gasteiger partial charge in [-0.15, -0.1) is 24.0 Å². The van der Waals surface area contributed by atoms with Crippen LogP contribution in [0.2, 0.25) is 0 Å². The summed E-state index contributed by atoms with van der Waals surface area (Å²) in [5.41, 5.74) is 3.52. The van der Waals surface area contributed by atoms with Gasteiger partial charge in [0.1, 0.15) is 11.9 Å². The van der Waals surface area contributed by atoms with E-state index < -0.39 is 0 Å². The van der Waals surface area contributed by atoms with E-state index in [9.17, 15) is 0 Å². The molecule has 5 nitrogen and oxygen atoms in total. The van der Waals surface area contributed by atoms with Crippen LogP contribution in [-0.2, 0) is 17.8 Å². The molecule has 0 aliphatic carbocycles. The maximum Gasteiger partial charge on any atom is 0.191 e. The van der Waals surface area contributed by atoms with Gasteiger partial charge < -0.3 is 20.1 Å². The molecule has 1 aliphatic heterocycles. The first-order valence-electron chi connectivity index (χ1n) is 9.07. The van der Waals surface area contributed by atoms with E-state index in [1.54, 1.807) is 7.05 Å². The predicted molar refractivity (Wildman–Crippen MR) is 120 cm³/mol. The van der Waals surface area contributed by atoms with Crippen LogP contribution in [0.1, 0.15) is 23.1 Å². The molecule has 1 heterocycles. The highest BCUT2D eigenvalue weighted by atomic mass is 127. The van der Waals surface area contributed by atoms with Gasteiger partial charge in [0.2, 0.25) is 0 Å². The van der Waals surface area contributed by atoms with Crippen LogP contribution in [0.25, 0.3) is 0 Å². The summed E-state index contributed by atoms with van der Waals surface area (Å²) in [7, 11) is 1.78. The number of halogens is 1. The first-order chi connectivity index (χ1) is 12.7. The topological polar surface area (TPSA) is 54.9 Å². The van der Waals surface area contributed by atoms with Gasteiger partial charge in [-0.2, -0.15) is 0 Å². The Morgan fingerprint density at radius 3 is 2.63 bits per heavy atom. The highest BCUT2D eigenvalue weighted by molar-refractivity contribution is 14.0. The molecule has 2 aromatic rings. The number of nitrogens with zero attached hydrogens (tertiary/aromatic N) is 1. The first kappa shape index (κ1) is 21.5. The molecule has 146 valence electrons. The third kappa shape index (κ3) is 6.70. The van der Waals surface area contributed by atoms with E-state index in [1.165, 1.54) is 11.1 Å². The molecule has 2 N–H and O–H groups in total. The van der Waals surface area contributed by atoms with E-state index in [2.05, 4.69) is 52.9 Å². The zero-order valence-electron chi connectivity index (χ0n) is 15.9. The summed E-state index contributed by atoms with van der Waals surface area (Å²) in [5, 5.41) is 6.71. The quantitative estimate of drug-likeness (QED) is 0.376. The van der Waals surface area contributed by atoms with Crippen molar-refractivity contribution in [3.8, 4) is 5.75 Å². The van der Waals surface area contributed by atoms with Crippen LogP contribution in [0.15, 0.2) is 53.5 Å². The van der Waals surface area contributed by atoms with Crippen molar-refractivity contribution in [3.05, 3.63) is 65.2 Å². The van der Waals surface area contributed by atoms with Gasteiger partial charge in [-0.3, -0.25) is 4.99 Å². The monoisotopic (exact) mass is 481 g/mol. The van der Waals surface area contributed by atoms with E-state index in [0.717, 1.165) is 36.8 Å². The van der Waals surface area contributed by atoms with Crippen molar-refractivity contribution < 1.29 is 9.47 Å². The van der Waals surface area contributed by atoms with Gasteiger partial charge in [0, 0.05) is 32.1 Å². The minimum Gasteiger partial charge on any atom is -0.488 e. The minimum absolute atomic E-state index is 0. The standard InChI is InChI=1S/C21H27N3O2.HI/c1-16-8-9-18(20(12-16)26-19-10-11-25-15-19)14-24-21(22-2)23-13-17-6-4-3-5-7-17;/h3-9,12,19H,10-11,13-15H2,1-2H3,(H2,22,23,24);1H. The van der Waals surface area contributed by atoms with E-state index in [4.69, 9.17) is 9.47 Å². The average Bonchev–Trinajstić information content (AvgIpc) is 3.17. The van der Waals surface area contributed by atoms with Gasteiger partial charge in [0.25, 0.3) is 0 Å². The minimum atomic E-state index is 0. The lowest BCUT2D eigenvalue weighted by molar-refractivity contribution is 0.140. The van der Waals surface area contributed by atoms with Crippen LogP contribution in [-0.4, -0.2) is 32.3 Å². The summed E-state index contributed by atoms with van der Waals surface area (Å²) in [5.74, 6) is 1.69. The van der Waals surface area contributed by atoms with Gasteiger partial charge >= 0.3 is 0 Å². The molecule has 1 fully saturated rings. The van der Waals surface area contributed by atoms with Crippen molar-refractivity contribution in [1.82, 2.24) is 10.6 Å². The summed E-state index contributed by atoms with van der Waals surface area (Å²) in [6, 6.07) is 16.6. The summed E-state index contributed by atoms with van der Waals surface area (Å²) in [6.45, 7) is 4.91. The Balaban J connectivity index is 0.00000261. The largest absolute Gasteiger partial charge is 0.488 e. The summed E-state index contributed by atoms with van der Waals surface area (Å²) in [4.78, 5) is 4.30. The second-order valence-corrected chi connectivity index (χ2v) is 6.48. The summed E-state index contributed by atoms with van der Waals surface area (Å²) < 4.78 is 11.6. The van der Waals surface area contributed by atoms with Gasteiger partial charge in [-0.25, -0.2) is 0 Å². The molecule has 0 spiro atoms. The van der Waals surface area contributed by atoms with Crippen molar-refractivity contribution >= 4 is 29.9 Å². The van der Waals surface area contributed by atoms with Gasteiger partial charge in [0.05, 0.1) is 13.2 Å². The molecular weight excluding hydrogens is 453 g/mol. The number of nitrogens with one attached hydrogen (secondary N) is 2. The van der Waals surface area contributed by atoms with Crippen LogP contribution in [0.5, 0.6) is 5.75 Å². The number of benzene rings is 2. The zero-order chi connectivity index (χ0) is 18.2. The maximum atomic E-state index is 6.16. The van der Waals surface area contributed by atoms with Gasteiger partial charge in [-0.05, 0) is 24.1 Å². The Morgan fingerprint density at radius 2 is 1.93 bits per heavy atom. The van der Waals surface area contributed by atoms with Crippen LogP contribution < -0.4 is 15.4 Å². The number of rotatable bonds is 6. The predicted octanol–water partition coefficient (Wildman–Crippen LogP) is 3.65. The molecular formula is C21H28IN3O2. The van der Waals surface area contributed by atoms with Crippen molar-refractivity contribution in [3.63, 3.8) is 0 Å². The van der Waals surface area contributed by atoms with Gasteiger partial charge in [0.15, 0.2) is 5.96 Å². The molecule has 3 rings (SSSR count). The Kier molecular flexibility index (Phi) is 8.87. The molecule has 1 saturated heterocycles. The molecule has 1 atom stereocenters. The van der Waals surface area contributed by atoms with E-state index in [0.29, 0.717) is 13.2 Å². The molecule has 0 bridgehead atoms. The van der Waals surface area contributed by atoms with Crippen molar-refractivity contribution in [2.45, 2.75) is 32.5 Å². The van der Waals surface area contributed by atoms with E-state index in [-0.39, 0.29) is 30.1 Å². The van der Waals surface area contributed by atoms with Crippen molar-refractivity contribution in [1.29, 1.82) is 0 Å². The fourth-order valence-electron chi connectivity index (χ4n) is 2.88. The lowest BCUT2D eigenvalue weighted by Crippen LogP contribution is -2.36. The molecule has 27 heavy (non-hydrogen) atoms. The zero-order valence-corrected chi connectivity index (χ0v) is 18.2. The van der Waals surface area contributed by atoms with Crippen LogP contribution in [0.3, 0.4) is 0 Å². The summed E-state index contributed by atoms with van der Waals surface area (Å²) in [6.07, 6.45) is 1.09. The number of ether oxygens (including phenoxy) is 2. The van der Waals surface area contributed by atoms with Crippen LogP contribution in [0.4, 0.5) is 0 Å². The molecule has 0 aromatic heterocycles. The number of hydrogen-bond acceptors (Lipinski definition) is 3. The highest BCUT2D eigenvalue weighted by Crippen LogP contribution is 2.23. The smallest absolute Gasteiger partial charge is 0.191 e. The van der Waals surface area contributed by atoms with E-state index >= 15 is 0 Å². The fraction of sp³-hybridized carbons (Fsp3) is 0.381. The Labute approximate surface area is 178 Å². The molecule has 6 heteroatoms. The third-order valence-corrected chi connectivity index (χ3v) is 4.38.